The standard InChI is InChI=1S/C43H46N6O12/c1-5-58-38(52)26-20-27(39(53)59-6-2)23-34(22-26)48-42(56)46-32-16-12-30(13-17-32)44-36(50)10-9-11-37(51)45-31-14-18-33(19-15-31)47-43(57)49-35-24-28(40(54)60-7-3)21-29(25-35)41(55)61-8-4/h12-25H,5-11H2,1-4H3,(H,44,50)(H,45,51)(H2,46,48,56)(H2,47,49,57). The van der Waals surface area contributed by atoms with E-state index in [9.17, 15) is 38.4 Å². The zero-order valence-electron chi connectivity index (χ0n) is 33.9. The highest BCUT2D eigenvalue weighted by Gasteiger charge is 2.18. The van der Waals surface area contributed by atoms with Crippen molar-refractivity contribution in [3.05, 3.63) is 107 Å². The molecular weight excluding hydrogens is 793 g/mol. The van der Waals surface area contributed by atoms with Crippen LogP contribution in [-0.2, 0) is 28.5 Å². The monoisotopic (exact) mass is 838 g/mol. The summed E-state index contributed by atoms with van der Waals surface area (Å²) in [5.41, 5.74) is 2.22. The molecule has 0 atom stereocenters. The minimum atomic E-state index is -0.672. The fourth-order valence-electron chi connectivity index (χ4n) is 5.45. The molecule has 18 nitrogen and oxygen atoms in total. The average molecular weight is 839 g/mol. The van der Waals surface area contributed by atoms with Gasteiger partial charge in [0.1, 0.15) is 0 Å². The van der Waals surface area contributed by atoms with Gasteiger partial charge in [-0.05, 0) is 119 Å². The zero-order chi connectivity index (χ0) is 44.3. The fourth-order valence-corrected chi connectivity index (χ4v) is 5.45. The summed E-state index contributed by atoms with van der Waals surface area (Å²) in [6.07, 6.45) is 0.356. The van der Waals surface area contributed by atoms with E-state index >= 15 is 0 Å². The third-order valence-electron chi connectivity index (χ3n) is 8.09. The molecule has 0 unspecified atom stereocenters. The Hall–Kier alpha value is -7.76. The highest BCUT2D eigenvalue weighted by Crippen LogP contribution is 2.21. The number of benzene rings is 4. The van der Waals surface area contributed by atoms with Gasteiger partial charge in [0.25, 0.3) is 0 Å². The van der Waals surface area contributed by atoms with Gasteiger partial charge in [0.05, 0.1) is 48.7 Å². The van der Waals surface area contributed by atoms with Gasteiger partial charge in [0.2, 0.25) is 11.8 Å². The number of urea groups is 2. The van der Waals surface area contributed by atoms with E-state index in [1.54, 1.807) is 76.2 Å². The van der Waals surface area contributed by atoms with E-state index < -0.39 is 35.9 Å². The van der Waals surface area contributed by atoms with Crippen LogP contribution in [0.4, 0.5) is 43.7 Å². The molecule has 0 aromatic heterocycles. The highest BCUT2D eigenvalue weighted by molar-refractivity contribution is 6.04. The Morgan fingerprint density at radius 3 is 0.869 bits per heavy atom. The fraction of sp³-hybridized carbons (Fsp3) is 0.256. The summed E-state index contributed by atoms with van der Waals surface area (Å²) in [6.45, 7) is 7.04. The lowest BCUT2D eigenvalue weighted by atomic mass is 10.1. The van der Waals surface area contributed by atoms with Crippen LogP contribution in [0.2, 0.25) is 0 Å². The van der Waals surface area contributed by atoms with Gasteiger partial charge in [-0.1, -0.05) is 0 Å². The van der Waals surface area contributed by atoms with Crippen molar-refractivity contribution in [3.8, 4) is 0 Å². The lowest BCUT2D eigenvalue weighted by molar-refractivity contribution is -0.117. The van der Waals surface area contributed by atoms with Gasteiger partial charge in [0.15, 0.2) is 0 Å². The number of ether oxygens (including phenoxy) is 4. The van der Waals surface area contributed by atoms with Crippen LogP contribution >= 0.6 is 0 Å². The smallest absolute Gasteiger partial charge is 0.338 e. The van der Waals surface area contributed by atoms with Crippen LogP contribution in [0, 0.1) is 0 Å². The van der Waals surface area contributed by atoms with Crippen LogP contribution in [0.3, 0.4) is 0 Å². The van der Waals surface area contributed by atoms with Crippen LogP contribution in [0.5, 0.6) is 0 Å². The number of esters is 4. The Kier molecular flexibility index (Phi) is 17.3. The first-order chi connectivity index (χ1) is 29.3. The number of hydrogen-bond donors (Lipinski definition) is 6. The van der Waals surface area contributed by atoms with E-state index in [2.05, 4.69) is 31.9 Å². The maximum absolute atomic E-state index is 12.7. The van der Waals surface area contributed by atoms with Crippen molar-refractivity contribution in [1.29, 1.82) is 0 Å². The molecule has 320 valence electrons. The highest BCUT2D eigenvalue weighted by atomic mass is 16.5. The van der Waals surface area contributed by atoms with E-state index in [1.807, 2.05) is 0 Å². The summed E-state index contributed by atoms with van der Waals surface area (Å²) >= 11 is 0. The number of anilines is 6. The van der Waals surface area contributed by atoms with Crippen LogP contribution < -0.4 is 31.9 Å². The van der Waals surface area contributed by atoms with Crippen LogP contribution in [0.1, 0.15) is 88.4 Å². The number of hydrogen-bond acceptors (Lipinski definition) is 12. The first kappa shape index (κ1) is 45.9. The molecule has 4 aromatic carbocycles. The number of nitrogens with one attached hydrogen (secondary N) is 6. The Labute approximate surface area is 351 Å². The van der Waals surface area contributed by atoms with E-state index in [0.29, 0.717) is 22.7 Å². The molecule has 0 aliphatic rings. The largest absolute Gasteiger partial charge is 0.462 e. The Morgan fingerprint density at radius 1 is 0.361 bits per heavy atom. The summed E-state index contributed by atoms with van der Waals surface area (Å²) in [5, 5.41) is 15.9. The minimum absolute atomic E-state index is 0.0520. The molecule has 0 fully saturated rings. The summed E-state index contributed by atoms with van der Waals surface area (Å²) in [6, 6.07) is 19.3. The van der Waals surface area contributed by atoms with Gasteiger partial charge < -0.3 is 50.8 Å². The number of rotatable bonds is 18. The van der Waals surface area contributed by atoms with Gasteiger partial charge in [-0.15, -0.1) is 0 Å². The van der Waals surface area contributed by atoms with E-state index in [1.165, 1.54) is 36.4 Å². The molecule has 0 aliphatic carbocycles. The molecule has 0 heterocycles. The number of amides is 6. The normalized spacial score (nSPS) is 10.3. The van der Waals surface area contributed by atoms with E-state index in [-0.39, 0.29) is 91.1 Å². The molecule has 0 saturated heterocycles. The summed E-state index contributed by atoms with van der Waals surface area (Å²) in [7, 11) is 0. The maximum Gasteiger partial charge on any atom is 0.338 e. The summed E-state index contributed by atoms with van der Waals surface area (Å²) < 4.78 is 20.1. The van der Waals surface area contributed by atoms with Crippen molar-refractivity contribution in [3.63, 3.8) is 0 Å². The minimum Gasteiger partial charge on any atom is -0.462 e. The van der Waals surface area contributed by atoms with Crippen molar-refractivity contribution in [1.82, 2.24) is 0 Å². The second-order valence-electron chi connectivity index (χ2n) is 12.7. The topological polar surface area (TPSA) is 246 Å². The van der Waals surface area contributed by atoms with Gasteiger partial charge in [-0.25, -0.2) is 28.8 Å². The van der Waals surface area contributed by atoms with E-state index in [0.717, 1.165) is 0 Å². The summed E-state index contributed by atoms with van der Waals surface area (Å²) in [5.74, 6) is -3.35. The first-order valence-electron chi connectivity index (χ1n) is 19.2. The molecule has 6 N–H and O–H groups in total. The molecule has 0 radical (unpaired) electrons. The van der Waals surface area contributed by atoms with Crippen LogP contribution in [0.25, 0.3) is 0 Å². The molecule has 4 rings (SSSR count). The predicted molar refractivity (Wildman–Crippen MR) is 226 cm³/mol. The van der Waals surface area contributed by atoms with Crippen molar-refractivity contribution in [2.45, 2.75) is 47.0 Å². The molecule has 61 heavy (non-hydrogen) atoms. The molecule has 6 amide bonds. The molecule has 18 heteroatoms. The Morgan fingerprint density at radius 2 is 0.607 bits per heavy atom. The molecule has 4 aromatic rings. The van der Waals surface area contributed by atoms with Crippen molar-refractivity contribution in [2.24, 2.45) is 0 Å². The lowest BCUT2D eigenvalue weighted by Gasteiger charge is -2.12. The summed E-state index contributed by atoms with van der Waals surface area (Å²) in [4.78, 5) is 99.9. The molecule has 0 saturated carbocycles. The van der Waals surface area contributed by atoms with Crippen molar-refractivity contribution >= 4 is 81.9 Å². The quantitative estimate of drug-likeness (QED) is 0.0423. The molecular formula is C43H46N6O12. The molecule has 0 aliphatic heterocycles. The maximum atomic E-state index is 12.7. The predicted octanol–water partition coefficient (Wildman–Crippen LogP) is 7.43. The average Bonchev–Trinajstić information content (AvgIpc) is 3.22. The van der Waals surface area contributed by atoms with Gasteiger partial charge in [-0.3, -0.25) is 9.59 Å². The third kappa shape index (κ3) is 14.8. The SMILES string of the molecule is CCOC(=O)c1cc(NC(=O)Nc2ccc(NC(=O)CCCC(=O)Nc3ccc(NC(=O)Nc4cc(C(=O)OCC)cc(C(=O)OCC)c4)cc3)cc2)cc(C(=O)OCC)c1. The number of carbonyl (C=O) groups excluding carboxylic acids is 8. The second kappa shape index (κ2) is 23.0. The van der Waals surface area contributed by atoms with Crippen molar-refractivity contribution < 1.29 is 57.3 Å². The first-order valence-corrected chi connectivity index (χ1v) is 19.2. The Balaban J connectivity index is 1.20. The lowest BCUT2D eigenvalue weighted by Crippen LogP contribution is -2.20. The number of carbonyl (C=O) groups is 8. The van der Waals surface area contributed by atoms with Gasteiger partial charge in [0, 0.05) is 47.0 Å². The Bertz CT molecular complexity index is 2010. The van der Waals surface area contributed by atoms with Crippen LogP contribution in [0.15, 0.2) is 84.9 Å². The zero-order valence-corrected chi connectivity index (χ0v) is 33.9. The third-order valence-corrected chi connectivity index (χ3v) is 8.09. The van der Waals surface area contributed by atoms with Gasteiger partial charge in [-0.2, -0.15) is 0 Å². The van der Waals surface area contributed by atoms with Crippen molar-refractivity contribution in [2.75, 3.05) is 58.3 Å². The van der Waals surface area contributed by atoms with Gasteiger partial charge >= 0.3 is 35.9 Å². The molecule has 0 spiro atoms. The van der Waals surface area contributed by atoms with E-state index in [4.69, 9.17) is 18.9 Å². The van der Waals surface area contributed by atoms with Crippen LogP contribution in [-0.4, -0.2) is 74.2 Å². The second-order valence-corrected chi connectivity index (χ2v) is 12.7. The molecule has 0 bridgehead atoms.